The molecule has 0 aliphatic carbocycles. The molecule has 4 nitrogen and oxygen atoms in total. The first kappa shape index (κ1) is 14.9. The molecule has 0 saturated carbocycles. The van der Waals surface area contributed by atoms with Crippen molar-refractivity contribution in [2.75, 3.05) is 33.9 Å². The maximum absolute atomic E-state index is 5.25. The second-order valence-electron chi connectivity index (χ2n) is 4.88. The summed E-state index contributed by atoms with van der Waals surface area (Å²) in [6.07, 6.45) is 4.51. The van der Waals surface area contributed by atoms with Gasteiger partial charge in [0.25, 0.3) is 0 Å². The van der Waals surface area contributed by atoms with E-state index in [0.717, 1.165) is 32.0 Å². The van der Waals surface area contributed by atoms with Crippen LogP contribution in [0.25, 0.3) is 10.9 Å². The van der Waals surface area contributed by atoms with Crippen molar-refractivity contribution in [1.29, 1.82) is 0 Å². The van der Waals surface area contributed by atoms with Gasteiger partial charge in [0.05, 0.1) is 13.7 Å². The summed E-state index contributed by atoms with van der Waals surface area (Å²) in [6.45, 7) is 3.82. The number of benzene rings is 1. The van der Waals surface area contributed by atoms with Crippen LogP contribution < -0.4 is 10.1 Å². The largest absolute Gasteiger partial charge is 0.497 e. The highest BCUT2D eigenvalue weighted by Crippen LogP contribution is 2.22. The molecule has 4 heteroatoms. The molecule has 0 aliphatic rings. The van der Waals surface area contributed by atoms with Gasteiger partial charge in [-0.2, -0.15) is 0 Å². The average Bonchev–Trinajstić information content (AvgIpc) is 2.88. The summed E-state index contributed by atoms with van der Waals surface area (Å²) in [4.78, 5) is 0. The zero-order valence-corrected chi connectivity index (χ0v) is 12.4. The number of hydrogen-bond acceptors (Lipinski definition) is 3. The van der Waals surface area contributed by atoms with Crippen molar-refractivity contribution in [3.63, 3.8) is 0 Å². The molecule has 0 atom stereocenters. The Morgan fingerprint density at radius 1 is 1.10 bits per heavy atom. The predicted molar refractivity (Wildman–Crippen MR) is 82.5 cm³/mol. The summed E-state index contributed by atoms with van der Waals surface area (Å²) in [5, 5.41) is 4.61. The van der Waals surface area contributed by atoms with E-state index in [2.05, 4.69) is 34.3 Å². The maximum atomic E-state index is 5.25. The molecular weight excluding hydrogens is 252 g/mol. The van der Waals surface area contributed by atoms with Crippen molar-refractivity contribution in [2.45, 2.75) is 19.4 Å². The summed E-state index contributed by atoms with van der Waals surface area (Å²) < 4.78 is 12.6. The minimum atomic E-state index is 0.782. The summed E-state index contributed by atoms with van der Waals surface area (Å²) >= 11 is 0. The minimum absolute atomic E-state index is 0.782. The van der Waals surface area contributed by atoms with Crippen LogP contribution in [-0.2, 0) is 11.3 Å². The van der Waals surface area contributed by atoms with Gasteiger partial charge in [0.2, 0.25) is 0 Å². The molecule has 20 heavy (non-hydrogen) atoms. The normalized spacial score (nSPS) is 11.1. The van der Waals surface area contributed by atoms with E-state index >= 15 is 0 Å². The zero-order chi connectivity index (χ0) is 14.2. The third-order valence-corrected chi connectivity index (χ3v) is 3.46. The number of unbranched alkanes of at least 4 members (excludes halogenated alkanes) is 1. The van der Waals surface area contributed by atoms with E-state index in [0.29, 0.717) is 0 Å². The molecule has 2 rings (SSSR count). The third-order valence-electron chi connectivity index (χ3n) is 3.46. The summed E-state index contributed by atoms with van der Waals surface area (Å²) in [6, 6.07) is 8.38. The Kier molecular flexibility index (Phi) is 5.89. The average molecular weight is 276 g/mol. The number of ether oxygens (including phenoxy) is 2. The fourth-order valence-electron chi connectivity index (χ4n) is 2.33. The maximum Gasteiger partial charge on any atom is 0.119 e. The van der Waals surface area contributed by atoms with E-state index in [4.69, 9.17) is 9.47 Å². The number of nitrogens with one attached hydrogen (secondary N) is 1. The van der Waals surface area contributed by atoms with E-state index in [9.17, 15) is 0 Å². The highest BCUT2D eigenvalue weighted by atomic mass is 16.5. The second-order valence-corrected chi connectivity index (χ2v) is 4.88. The van der Waals surface area contributed by atoms with Gasteiger partial charge in [-0.05, 0) is 43.7 Å². The second kappa shape index (κ2) is 7.92. The van der Waals surface area contributed by atoms with Crippen LogP contribution >= 0.6 is 0 Å². The van der Waals surface area contributed by atoms with Crippen molar-refractivity contribution in [1.82, 2.24) is 9.88 Å². The third kappa shape index (κ3) is 3.99. The molecule has 0 unspecified atom stereocenters. The molecule has 0 spiro atoms. The molecular formula is C16H24N2O2. The topological polar surface area (TPSA) is 35.4 Å². The van der Waals surface area contributed by atoms with Crippen LogP contribution in [0.1, 0.15) is 12.8 Å². The Morgan fingerprint density at radius 2 is 2.00 bits per heavy atom. The molecule has 0 saturated heterocycles. The SMILES string of the molecule is COCCNCCCCn1ccc2cc(OC)ccc21. The van der Waals surface area contributed by atoms with Crippen LogP contribution in [0, 0.1) is 0 Å². The fraction of sp³-hybridized carbons (Fsp3) is 0.500. The predicted octanol–water partition coefficient (Wildman–Crippen LogP) is 2.67. The van der Waals surface area contributed by atoms with Gasteiger partial charge in [0.1, 0.15) is 5.75 Å². The summed E-state index contributed by atoms with van der Waals surface area (Å²) in [5.74, 6) is 0.914. The monoisotopic (exact) mass is 276 g/mol. The summed E-state index contributed by atoms with van der Waals surface area (Å²) in [7, 11) is 3.43. The number of aryl methyl sites for hydroxylation is 1. The van der Waals surface area contributed by atoms with Crippen LogP contribution in [0.5, 0.6) is 5.75 Å². The van der Waals surface area contributed by atoms with Gasteiger partial charge in [-0.3, -0.25) is 0 Å². The molecule has 0 radical (unpaired) electrons. The Bertz CT molecular complexity index is 522. The molecule has 0 aliphatic heterocycles. The summed E-state index contributed by atoms with van der Waals surface area (Å²) in [5.41, 5.74) is 1.28. The Morgan fingerprint density at radius 3 is 2.80 bits per heavy atom. The highest BCUT2D eigenvalue weighted by Gasteiger charge is 2.02. The Labute approximate surface area is 120 Å². The number of hydrogen-bond donors (Lipinski definition) is 1. The molecule has 1 N–H and O–H groups in total. The first-order valence-electron chi connectivity index (χ1n) is 7.17. The standard InChI is InChI=1S/C16H24N2O2/c1-19-12-9-17-8-3-4-10-18-11-7-14-13-15(20-2)5-6-16(14)18/h5-7,11,13,17H,3-4,8-10,12H2,1-2H3. The molecule has 1 aromatic carbocycles. The Hall–Kier alpha value is -1.52. The lowest BCUT2D eigenvalue weighted by Crippen LogP contribution is -2.20. The van der Waals surface area contributed by atoms with Crippen LogP contribution in [0.2, 0.25) is 0 Å². The van der Waals surface area contributed by atoms with Crippen LogP contribution in [-0.4, -0.2) is 38.5 Å². The zero-order valence-electron chi connectivity index (χ0n) is 12.4. The smallest absolute Gasteiger partial charge is 0.119 e. The van der Waals surface area contributed by atoms with Crippen molar-refractivity contribution in [3.8, 4) is 5.75 Å². The van der Waals surface area contributed by atoms with Gasteiger partial charge in [-0.25, -0.2) is 0 Å². The van der Waals surface area contributed by atoms with Gasteiger partial charge >= 0.3 is 0 Å². The van der Waals surface area contributed by atoms with Gasteiger partial charge < -0.3 is 19.4 Å². The van der Waals surface area contributed by atoms with Gasteiger partial charge in [0.15, 0.2) is 0 Å². The first-order chi connectivity index (χ1) is 9.85. The molecule has 1 heterocycles. The van der Waals surface area contributed by atoms with E-state index in [1.165, 1.54) is 23.7 Å². The fourth-order valence-corrected chi connectivity index (χ4v) is 2.33. The molecule has 110 valence electrons. The Balaban J connectivity index is 1.79. The van der Waals surface area contributed by atoms with Crippen LogP contribution in [0.15, 0.2) is 30.5 Å². The van der Waals surface area contributed by atoms with Gasteiger partial charge in [-0.1, -0.05) is 0 Å². The lowest BCUT2D eigenvalue weighted by Gasteiger charge is -2.07. The molecule has 0 bridgehead atoms. The van der Waals surface area contributed by atoms with Gasteiger partial charge in [0, 0.05) is 37.3 Å². The minimum Gasteiger partial charge on any atom is -0.497 e. The molecule has 2 aromatic rings. The van der Waals surface area contributed by atoms with E-state index in [-0.39, 0.29) is 0 Å². The highest BCUT2D eigenvalue weighted by molar-refractivity contribution is 5.81. The van der Waals surface area contributed by atoms with Crippen molar-refractivity contribution in [2.24, 2.45) is 0 Å². The van der Waals surface area contributed by atoms with Crippen LogP contribution in [0.4, 0.5) is 0 Å². The molecule has 0 fully saturated rings. The molecule has 0 amide bonds. The number of fused-ring (bicyclic) bond motifs is 1. The van der Waals surface area contributed by atoms with Gasteiger partial charge in [-0.15, -0.1) is 0 Å². The van der Waals surface area contributed by atoms with Crippen LogP contribution in [0.3, 0.4) is 0 Å². The van der Waals surface area contributed by atoms with E-state index in [1.54, 1.807) is 14.2 Å². The van der Waals surface area contributed by atoms with Crippen molar-refractivity contribution < 1.29 is 9.47 Å². The first-order valence-corrected chi connectivity index (χ1v) is 7.17. The molecule has 1 aromatic heterocycles. The number of methoxy groups -OCH3 is 2. The lowest BCUT2D eigenvalue weighted by atomic mass is 10.2. The number of rotatable bonds is 9. The van der Waals surface area contributed by atoms with E-state index < -0.39 is 0 Å². The van der Waals surface area contributed by atoms with Crippen molar-refractivity contribution in [3.05, 3.63) is 30.5 Å². The number of aromatic nitrogens is 1. The number of nitrogens with zero attached hydrogens (tertiary/aromatic N) is 1. The van der Waals surface area contributed by atoms with Crippen molar-refractivity contribution >= 4 is 10.9 Å². The van der Waals surface area contributed by atoms with E-state index in [1.807, 2.05) is 6.07 Å². The lowest BCUT2D eigenvalue weighted by molar-refractivity contribution is 0.199. The quantitative estimate of drug-likeness (QED) is 0.715.